The van der Waals surface area contributed by atoms with Crippen LogP contribution in [-0.4, -0.2) is 69.3 Å². The van der Waals surface area contributed by atoms with Crippen LogP contribution in [0.5, 0.6) is 11.5 Å². The number of anilines is 1. The lowest BCUT2D eigenvalue weighted by molar-refractivity contribution is -0.150. The zero-order chi connectivity index (χ0) is 34.0. The number of nitrogens with one attached hydrogen (secondary N) is 2. The van der Waals surface area contributed by atoms with Gasteiger partial charge in [0.25, 0.3) is 15.7 Å². The highest BCUT2D eigenvalue weighted by Gasteiger charge is 2.47. The Morgan fingerprint density at radius 1 is 1.00 bits per heavy atom. The molecule has 252 valence electrons. The molecule has 0 radical (unpaired) electrons. The summed E-state index contributed by atoms with van der Waals surface area (Å²) in [5.74, 6) is -4.49. The van der Waals surface area contributed by atoms with E-state index in [1.807, 2.05) is 0 Å². The molecule has 0 spiro atoms. The standard InChI is InChI=1S/C30H34F4N2O9S/c1-29(28(39)40)11-9-17(10-12-29)45-24-14-20(23(44-3)15-21(24)31)27(38)36-25-19(7-8-22(25)43-2)26(37)35-16-5-4-6-18(13-16)46(41,42)30(32,33)34/h4-6,13-15,17,19,22,25H,7-12H2,1-3H3,(H,35,37)(H,36,38)(H,39,40)/t17-,19-,22-,25-,29+/m0/s1. The Bertz CT molecular complexity index is 1590. The van der Waals surface area contributed by atoms with Gasteiger partial charge in [-0.15, -0.1) is 0 Å². The van der Waals surface area contributed by atoms with Gasteiger partial charge in [-0.05, 0) is 69.7 Å². The summed E-state index contributed by atoms with van der Waals surface area (Å²) in [6.45, 7) is 1.64. The number of halogens is 4. The highest BCUT2D eigenvalue weighted by Crippen LogP contribution is 2.39. The molecule has 4 rings (SSSR count). The molecule has 2 aromatic carbocycles. The number of carbonyl (C=O) groups excluding carboxylic acids is 2. The fourth-order valence-corrected chi connectivity index (χ4v) is 6.57. The maximum atomic E-state index is 15.0. The van der Waals surface area contributed by atoms with Crippen molar-refractivity contribution >= 4 is 33.3 Å². The minimum absolute atomic E-state index is 0.115. The Kier molecular flexibility index (Phi) is 10.2. The lowest BCUT2D eigenvalue weighted by Crippen LogP contribution is -2.48. The van der Waals surface area contributed by atoms with Gasteiger partial charge in [-0.25, -0.2) is 12.8 Å². The molecular weight excluding hydrogens is 640 g/mol. The van der Waals surface area contributed by atoms with Gasteiger partial charge in [0, 0.05) is 18.9 Å². The van der Waals surface area contributed by atoms with E-state index in [2.05, 4.69) is 10.6 Å². The number of hydrogen-bond acceptors (Lipinski definition) is 8. The number of methoxy groups -OCH3 is 2. The molecule has 3 N–H and O–H groups in total. The number of aliphatic carboxylic acids is 1. The van der Waals surface area contributed by atoms with Crippen LogP contribution in [0.15, 0.2) is 41.3 Å². The van der Waals surface area contributed by atoms with Crippen LogP contribution in [0.25, 0.3) is 0 Å². The Balaban J connectivity index is 1.52. The third kappa shape index (κ3) is 7.22. The number of ether oxygens (including phenoxy) is 3. The van der Waals surface area contributed by atoms with Crippen molar-refractivity contribution in [1.82, 2.24) is 5.32 Å². The number of alkyl halides is 3. The summed E-state index contributed by atoms with van der Waals surface area (Å²) < 4.78 is 94.3. The van der Waals surface area contributed by atoms with Crippen molar-refractivity contribution < 1.29 is 59.7 Å². The maximum absolute atomic E-state index is 15.0. The number of rotatable bonds is 10. The summed E-state index contributed by atoms with van der Waals surface area (Å²) in [6, 6.07) is 4.92. The molecule has 2 fully saturated rings. The third-order valence-electron chi connectivity index (χ3n) is 8.59. The lowest BCUT2D eigenvalue weighted by Gasteiger charge is -2.34. The summed E-state index contributed by atoms with van der Waals surface area (Å²) in [5.41, 5.74) is -6.76. The lowest BCUT2D eigenvalue weighted by atomic mass is 9.75. The Hall–Kier alpha value is -3.92. The number of hydrogen-bond donors (Lipinski definition) is 3. The smallest absolute Gasteiger partial charge is 0.496 e. The van der Waals surface area contributed by atoms with E-state index in [0.29, 0.717) is 38.2 Å². The second-order valence-electron chi connectivity index (χ2n) is 11.6. The average Bonchev–Trinajstić information content (AvgIpc) is 3.41. The number of benzene rings is 2. The van der Waals surface area contributed by atoms with Crippen molar-refractivity contribution in [2.45, 2.75) is 74.1 Å². The molecule has 0 heterocycles. The van der Waals surface area contributed by atoms with E-state index in [1.54, 1.807) is 6.92 Å². The molecule has 2 aromatic rings. The summed E-state index contributed by atoms with van der Waals surface area (Å²) in [5, 5.41) is 14.6. The number of amides is 2. The van der Waals surface area contributed by atoms with E-state index in [4.69, 9.17) is 14.2 Å². The molecule has 16 heteroatoms. The van der Waals surface area contributed by atoms with Crippen LogP contribution in [0.2, 0.25) is 0 Å². The molecule has 2 saturated carbocycles. The summed E-state index contributed by atoms with van der Waals surface area (Å²) in [7, 11) is -3.05. The molecular formula is C30H34F4N2O9S. The molecule has 0 bridgehead atoms. The molecule has 0 saturated heterocycles. The summed E-state index contributed by atoms with van der Waals surface area (Å²) in [6.07, 6.45) is 0.759. The van der Waals surface area contributed by atoms with E-state index in [0.717, 1.165) is 24.3 Å². The van der Waals surface area contributed by atoms with Gasteiger partial charge in [-0.3, -0.25) is 14.4 Å². The second-order valence-corrected chi connectivity index (χ2v) is 13.5. The molecule has 0 unspecified atom stereocenters. The first-order valence-electron chi connectivity index (χ1n) is 14.3. The van der Waals surface area contributed by atoms with E-state index in [-0.39, 0.29) is 29.2 Å². The minimum atomic E-state index is -5.66. The topological polar surface area (TPSA) is 157 Å². The van der Waals surface area contributed by atoms with Crippen molar-refractivity contribution in [3.05, 3.63) is 47.8 Å². The molecule has 2 aliphatic carbocycles. The number of carboxylic acids is 1. The van der Waals surface area contributed by atoms with Gasteiger partial charge < -0.3 is 30.0 Å². The zero-order valence-electron chi connectivity index (χ0n) is 25.1. The fourth-order valence-electron chi connectivity index (χ4n) is 5.76. The predicted molar refractivity (Wildman–Crippen MR) is 155 cm³/mol. The fraction of sp³-hybridized carbons (Fsp3) is 0.500. The van der Waals surface area contributed by atoms with Crippen LogP contribution in [0.3, 0.4) is 0 Å². The van der Waals surface area contributed by atoms with Gasteiger partial charge in [-0.1, -0.05) is 6.07 Å². The quantitative estimate of drug-likeness (QED) is 0.304. The van der Waals surface area contributed by atoms with Gasteiger partial charge in [-0.2, -0.15) is 13.2 Å². The Labute approximate surface area is 262 Å². The van der Waals surface area contributed by atoms with Gasteiger partial charge in [0.1, 0.15) is 5.75 Å². The van der Waals surface area contributed by atoms with Gasteiger partial charge >= 0.3 is 11.5 Å². The van der Waals surface area contributed by atoms with Crippen molar-refractivity contribution in [2.75, 3.05) is 19.5 Å². The second kappa shape index (κ2) is 13.4. The van der Waals surface area contributed by atoms with Crippen molar-refractivity contribution in [2.24, 2.45) is 11.3 Å². The van der Waals surface area contributed by atoms with Crippen molar-refractivity contribution in [3.63, 3.8) is 0 Å². The molecule has 2 aliphatic rings. The van der Waals surface area contributed by atoms with Crippen LogP contribution in [0.4, 0.5) is 23.2 Å². The van der Waals surface area contributed by atoms with Crippen molar-refractivity contribution in [3.8, 4) is 11.5 Å². The van der Waals surface area contributed by atoms with Crippen LogP contribution in [0.1, 0.15) is 55.8 Å². The van der Waals surface area contributed by atoms with E-state index in [9.17, 15) is 45.5 Å². The monoisotopic (exact) mass is 674 g/mol. The molecule has 3 atom stereocenters. The van der Waals surface area contributed by atoms with E-state index < -0.39 is 73.4 Å². The SMILES string of the molecule is COc1cc(F)c(O[C@H]2CC[C@@](C)(C(=O)O)CC2)cc1C(=O)N[C@@H]1[C@@H](OC)CC[C@@H]1C(=O)Nc1cccc(S(=O)(=O)C(F)(F)F)c1. The molecule has 46 heavy (non-hydrogen) atoms. The predicted octanol–water partition coefficient (Wildman–Crippen LogP) is 4.70. The molecule has 11 nitrogen and oxygen atoms in total. The molecule has 2 amide bonds. The first kappa shape index (κ1) is 34.9. The third-order valence-corrected chi connectivity index (χ3v) is 10.1. The van der Waals surface area contributed by atoms with Crippen LogP contribution in [-0.2, 0) is 24.2 Å². The minimum Gasteiger partial charge on any atom is -0.496 e. The first-order valence-corrected chi connectivity index (χ1v) is 15.8. The number of carboxylic acid groups (broad SMARTS) is 1. The van der Waals surface area contributed by atoms with E-state index in [1.165, 1.54) is 20.3 Å². The van der Waals surface area contributed by atoms with Gasteiger partial charge in [0.2, 0.25) is 5.91 Å². The first-order chi connectivity index (χ1) is 21.5. The average molecular weight is 675 g/mol. The van der Waals surface area contributed by atoms with Gasteiger partial charge in [0.05, 0.1) is 47.2 Å². The maximum Gasteiger partial charge on any atom is 0.501 e. The summed E-state index contributed by atoms with van der Waals surface area (Å²) >= 11 is 0. The summed E-state index contributed by atoms with van der Waals surface area (Å²) in [4.78, 5) is 37.3. The van der Waals surface area contributed by atoms with Gasteiger partial charge in [0.15, 0.2) is 11.6 Å². The largest absolute Gasteiger partial charge is 0.501 e. The Morgan fingerprint density at radius 2 is 1.67 bits per heavy atom. The van der Waals surface area contributed by atoms with E-state index >= 15 is 0 Å². The molecule has 0 aromatic heterocycles. The number of carbonyl (C=O) groups is 3. The Morgan fingerprint density at radius 3 is 2.26 bits per heavy atom. The normalized spacial score (nSPS) is 25.0. The number of sulfone groups is 1. The van der Waals surface area contributed by atoms with Crippen LogP contribution >= 0.6 is 0 Å². The molecule has 0 aliphatic heterocycles. The zero-order valence-corrected chi connectivity index (χ0v) is 26.0. The van der Waals surface area contributed by atoms with Crippen molar-refractivity contribution in [1.29, 1.82) is 0 Å². The van der Waals surface area contributed by atoms with Crippen LogP contribution < -0.4 is 20.1 Å². The van der Waals surface area contributed by atoms with Crippen LogP contribution in [0, 0.1) is 17.2 Å². The highest BCUT2D eigenvalue weighted by molar-refractivity contribution is 7.92. The highest BCUT2D eigenvalue weighted by atomic mass is 32.2.